The molecular formula is C15H18N4O2S. The van der Waals surface area contributed by atoms with Crippen molar-refractivity contribution in [2.24, 2.45) is 0 Å². The molecule has 0 aliphatic heterocycles. The van der Waals surface area contributed by atoms with E-state index in [1.807, 2.05) is 18.2 Å². The van der Waals surface area contributed by atoms with E-state index in [4.69, 9.17) is 21.7 Å². The van der Waals surface area contributed by atoms with Crippen LogP contribution in [0.1, 0.15) is 5.56 Å². The van der Waals surface area contributed by atoms with Crippen molar-refractivity contribution in [1.82, 2.24) is 15.3 Å². The predicted octanol–water partition coefficient (Wildman–Crippen LogP) is 2.02. The number of rotatable bonds is 6. The molecule has 7 heteroatoms. The first kappa shape index (κ1) is 16.0. The molecule has 22 heavy (non-hydrogen) atoms. The summed E-state index contributed by atoms with van der Waals surface area (Å²) in [5, 5.41) is 6.53. The van der Waals surface area contributed by atoms with E-state index in [1.165, 1.54) is 0 Å². The highest BCUT2D eigenvalue weighted by molar-refractivity contribution is 7.80. The van der Waals surface area contributed by atoms with Gasteiger partial charge in [-0.1, -0.05) is 6.07 Å². The molecule has 0 saturated carbocycles. The highest BCUT2D eigenvalue weighted by Gasteiger charge is 2.05. The van der Waals surface area contributed by atoms with E-state index in [0.717, 1.165) is 23.5 Å². The highest BCUT2D eigenvalue weighted by Crippen LogP contribution is 2.27. The summed E-state index contributed by atoms with van der Waals surface area (Å²) in [7, 11) is 3.24. The molecule has 2 N–H and O–H groups in total. The second kappa shape index (κ2) is 8.14. The Labute approximate surface area is 134 Å². The molecule has 116 valence electrons. The molecule has 0 saturated heterocycles. The molecule has 0 aliphatic rings. The fourth-order valence-corrected chi connectivity index (χ4v) is 2.06. The third-order valence-corrected chi connectivity index (χ3v) is 3.18. The third kappa shape index (κ3) is 4.56. The molecule has 0 bridgehead atoms. The van der Waals surface area contributed by atoms with Gasteiger partial charge < -0.3 is 20.1 Å². The number of hydrogen-bond acceptors (Lipinski definition) is 5. The monoisotopic (exact) mass is 318 g/mol. The molecule has 1 aromatic carbocycles. The Balaban J connectivity index is 1.82. The maximum Gasteiger partial charge on any atom is 0.228 e. The summed E-state index contributed by atoms with van der Waals surface area (Å²) in [5.74, 6) is 1.92. The second-order valence-corrected chi connectivity index (χ2v) is 4.80. The minimum atomic E-state index is 0.478. The van der Waals surface area contributed by atoms with Crippen molar-refractivity contribution in [2.45, 2.75) is 6.42 Å². The van der Waals surface area contributed by atoms with Crippen LogP contribution in [0.4, 0.5) is 5.95 Å². The van der Waals surface area contributed by atoms with Gasteiger partial charge in [0.2, 0.25) is 5.95 Å². The summed E-state index contributed by atoms with van der Waals surface area (Å²) < 4.78 is 10.5. The minimum Gasteiger partial charge on any atom is -0.493 e. The molecule has 0 aliphatic carbocycles. The van der Waals surface area contributed by atoms with Gasteiger partial charge in [-0.05, 0) is 42.4 Å². The van der Waals surface area contributed by atoms with Gasteiger partial charge in [0.15, 0.2) is 16.6 Å². The fourth-order valence-electron chi connectivity index (χ4n) is 1.87. The summed E-state index contributed by atoms with van der Waals surface area (Å²) in [5.41, 5.74) is 1.13. The van der Waals surface area contributed by atoms with Crippen molar-refractivity contribution >= 4 is 23.3 Å². The number of nitrogens with zero attached hydrogens (tertiary/aromatic N) is 2. The van der Waals surface area contributed by atoms with Crippen LogP contribution >= 0.6 is 12.2 Å². The minimum absolute atomic E-state index is 0.478. The Bertz CT molecular complexity index is 622. The summed E-state index contributed by atoms with van der Waals surface area (Å²) in [6, 6.07) is 7.60. The van der Waals surface area contributed by atoms with E-state index in [1.54, 1.807) is 32.7 Å². The van der Waals surface area contributed by atoms with Crippen LogP contribution in [0, 0.1) is 0 Å². The van der Waals surface area contributed by atoms with E-state index in [-0.39, 0.29) is 0 Å². The fraction of sp³-hybridized carbons (Fsp3) is 0.267. The number of thiocarbonyl (C=S) groups is 1. The van der Waals surface area contributed by atoms with Crippen LogP contribution in [0.2, 0.25) is 0 Å². The van der Waals surface area contributed by atoms with Gasteiger partial charge in [0.05, 0.1) is 14.2 Å². The van der Waals surface area contributed by atoms with Crippen LogP contribution in [0.5, 0.6) is 11.5 Å². The average molecular weight is 318 g/mol. The van der Waals surface area contributed by atoms with Crippen LogP contribution in [-0.4, -0.2) is 35.8 Å². The van der Waals surface area contributed by atoms with Crippen molar-refractivity contribution in [3.63, 3.8) is 0 Å². The number of ether oxygens (including phenoxy) is 2. The van der Waals surface area contributed by atoms with E-state index < -0.39 is 0 Å². The van der Waals surface area contributed by atoms with Crippen molar-refractivity contribution in [3.05, 3.63) is 42.2 Å². The Morgan fingerprint density at radius 2 is 1.86 bits per heavy atom. The van der Waals surface area contributed by atoms with Crippen molar-refractivity contribution in [2.75, 3.05) is 26.1 Å². The smallest absolute Gasteiger partial charge is 0.228 e. The Morgan fingerprint density at radius 3 is 2.55 bits per heavy atom. The van der Waals surface area contributed by atoms with Gasteiger partial charge in [0.25, 0.3) is 0 Å². The Hall–Kier alpha value is -2.41. The largest absolute Gasteiger partial charge is 0.493 e. The number of nitrogens with one attached hydrogen (secondary N) is 2. The average Bonchev–Trinajstić information content (AvgIpc) is 2.55. The highest BCUT2D eigenvalue weighted by atomic mass is 32.1. The summed E-state index contributed by atoms with van der Waals surface area (Å²) >= 11 is 5.19. The van der Waals surface area contributed by atoms with Crippen molar-refractivity contribution in [3.8, 4) is 11.5 Å². The molecule has 2 aromatic rings. The van der Waals surface area contributed by atoms with E-state index in [9.17, 15) is 0 Å². The van der Waals surface area contributed by atoms with Gasteiger partial charge in [-0.15, -0.1) is 0 Å². The van der Waals surface area contributed by atoms with Gasteiger partial charge in [0.1, 0.15) is 0 Å². The summed E-state index contributed by atoms with van der Waals surface area (Å²) in [4.78, 5) is 8.09. The quantitative estimate of drug-likeness (QED) is 0.790. The molecule has 0 fully saturated rings. The van der Waals surface area contributed by atoms with Crippen LogP contribution in [0.15, 0.2) is 36.7 Å². The van der Waals surface area contributed by atoms with Gasteiger partial charge in [-0.25, -0.2) is 9.97 Å². The molecule has 0 radical (unpaired) electrons. The molecule has 0 atom stereocenters. The standard InChI is InChI=1S/C15H18N4O2S/c1-20-12-5-4-11(10-13(12)21-2)6-9-18-15(22)19-14-16-7-3-8-17-14/h3-5,7-8,10H,6,9H2,1-2H3,(H2,16,17,18,19,22). The molecule has 6 nitrogen and oxygen atoms in total. The lowest BCUT2D eigenvalue weighted by Gasteiger charge is -2.11. The van der Waals surface area contributed by atoms with E-state index in [2.05, 4.69) is 20.6 Å². The Morgan fingerprint density at radius 1 is 1.14 bits per heavy atom. The normalized spacial score (nSPS) is 9.91. The maximum absolute atomic E-state index is 5.28. The molecular weight excluding hydrogens is 300 g/mol. The molecule has 2 rings (SSSR count). The number of hydrogen-bond donors (Lipinski definition) is 2. The number of benzene rings is 1. The zero-order valence-corrected chi connectivity index (χ0v) is 13.3. The first-order valence-electron chi connectivity index (χ1n) is 6.75. The van der Waals surface area contributed by atoms with Crippen LogP contribution in [0.25, 0.3) is 0 Å². The zero-order chi connectivity index (χ0) is 15.8. The molecule has 0 unspecified atom stereocenters. The number of methoxy groups -OCH3 is 2. The first-order valence-corrected chi connectivity index (χ1v) is 7.16. The molecule has 1 aromatic heterocycles. The third-order valence-electron chi connectivity index (χ3n) is 2.94. The van der Waals surface area contributed by atoms with Crippen molar-refractivity contribution < 1.29 is 9.47 Å². The van der Waals surface area contributed by atoms with Gasteiger partial charge in [-0.3, -0.25) is 0 Å². The topological polar surface area (TPSA) is 68.3 Å². The summed E-state index contributed by atoms with van der Waals surface area (Å²) in [6.45, 7) is 0.689. The van der Waals surface area contributed by atoms with Crippen LogP contribution in [0.3, 0.4) is 0 Å². The SMILES string of the molecule is COc1ccc(CCNC(=S)Nc2ncccn2)cc1OC. The van der Waals surface area contributed by atoms with Gasteiger partial charge in [-0.2, -0.15) is 0 Å². The van der Waals surface area contributed by atoms with Gasteiger partial charge >= 0.3 is 0 Å². The molecule has 0 spiro atoms. The van der Waals surface area contributed by atoms with Crippen molar-refractivity contribution in [1.29, 1.82) is 0 Å². The zero-order valence-electron chi connectivity index (χ0n) is 12.5. The molecule has 1 heterocycles. The molecule has 0 amide bonds. The lowest BCUT2D eigenvalue weighted by molar-refractivity contribution is 0.354. The lowest BCUT2D eigenvalue weighted by atomic mass is 10.1. The van der Waals surface area contributed by atoms with Crippen LogP contribution < -0.4 is 20.1 Å². The van der Waals surface area contributed by atoms with Gasteiger partial charge in [0, 0.05) is 18.9 Å². The predicted molar refractivity (Wildman–Crippen MR) is 89.5 cm³/mol. The second-order valence-electron chi connectivity index (χ2n) is 4.39. The van der Waals surface area contributed by atoms with E-state index >= 15 is 0 Å². The van der Waals surface area contributed by atoms with Crippen LogP contribution in [-0.2, 0) is 6.42 Å². The summed E-state index contributed by atoms with van der Waals surface area (Å²) in [6.07, 6.45) is 4.11. The van der Waals surface area contributed by atoms with E-state index in [0.29, 0.717) is 17.6 Å². The first-order chi connectivity index (χ1) is 10.7. The maximum atomic E-state index is 5.28. The Kier molecular flexibility index (Phi) is 5.91. The lowest BCUT2D eigenvalue weighted by Crippen LogP contribution is -2.30. The number of anilines is 1. The number of aromatic nitrogens is 2.